The van der Waals surface area contributed by atoms with Gasteiger partial charge in [0.25, 0.3) is 0 Å². The van der Waals surface area contributed by atoms with Crippen LogP contribution in [0.4, 0.5) is 11.4 Å². The van der Waals surface area contributed by atoms with Gasteiger partial charge in [0.2, 0.25) is 5.91 Å². The van der Waals surface area contributed by atoms with E-state index in [-0.39, 0.29) is 11.8 Å². The molecule has 90 valence electrons. The number of carbonyl (C=O) groups is 1. The second kappa shape index (κ2) is 4.06. The fraction of sp³-hybridized carbons (Fsp3) is 0.500. The number of carbonyl (C=O) groups excluding carboxylic acids is 1. The number of nitrogen functional groups attached to an aromatic ring is 1. The lowest BCUT2D eigenvalue weighted by Gasteiger charge is -2.14. The van der Waals surface area contributed by atoms with Crippen LogP contribution in [0.15, 0.2) is 18.2 Å². The summed E-state index contributed by atoms with van der Waals surface area (Å²) in [6.45, 7) is 0. The van der Waals surface area contributed by atoms with Gasteiger partial charge in [0, 0.05) is 0 Å². The highest BCUT2D eigenvalue weighted by Gasteiger charge is 2.33. The van der Waals surface area contributed by atoms with E-state index in [1.54, 1.807) is 0 Å². The Balaban J connectivity index is 1.86. The van der Waals surface area contributed by atoms with Gasteiger partial charge in [-0.1, -0.05) is 37.8 Å². The molecule has 1 fully saturated rings. The molecule has 1 amide bonds. The molecule has 1 aliphatic carbocycles. The zero-order valence-corrected chi connectivity index (χ0v) is 9.91. The van der Waals surface area contributed by atoms with E-state index in [0.29, 0.717) is 5.69 Å². The van der Waals surface area contributed by atoms with Crippen molar-refractivity contribution >= 4 is 17.3 Å². The zero-order valence-electron chi connectivity index (χ0n) is 9.91. The third-order valence-corrected chi connectivity index (χ3v) is 4.11. The van der Waals surface area contributed by atoms with E-state index in [2.05, 4.69) is 5.32 Å². The predicted molar refractivity (Wildman–Crippen MR) is 68.8 cm³/mol. The van der Waals surface area contributed by atoms with Crippen LogP contribution in [0, 0.1) is 5.92 Å². The van der Waals surface area contributed by atoms with Crippen LogP contribution in [0.3, 0.4) is 0 Å². The molecule has 1 aromatic carbocycles. The molecule has 3 nitrogen and oxygen atoms in total. The van der Waals surface area contributed by atoms with Gasteiger partial charge in [0.1, 0.15) is 0 Å². The first-order chi connectivity index (χ1) is 8.25. The second-order valence-corrected chi connectivity index (χ2v) is 5.24. The van der Waals surface area contributed by atoms with E-state index in [4.69, 9.17) is 5.73 Å². The third-order valence-electron chi connectivity index (χ3n) is 4.11. The van der Waals surface area contributed by atoms with Crippen LogP contribution >= 0.6 is 0 Å². The number of amides is 1. The molecule has 0 saturated heterocycles. The Hall–Kier alpha value is -1.51. The molecule has 0 spiro atoms. The number of anilines is 2. The van der Waals surface area contributed by atoms with Crippen LogP contribution in [0.5, 0.6) is 0 Å². The van der Waals surface area contributed by atoms with Crippen molar-refractivity contribution in [1.29, 1.82) is 0 Å². The summed E-state index contributed by atoms with van der Waals surface area (Å²) in [5.41, 5.74) is 8.52. The molecule has 2 aliphatic rings. The quantitative estimate of drug-likeness (QED) is 0.767. The first-order valence-corrected chi connectivity index (χ1v) is 6.45. The van der Waals surface area contributed by atoms with Crippen LogP contribution in [0.2, 0.25) is 0 Å². The largest absolute Gasteiger partial charge is 0.397 e. The highest BCUT2D eigenvalue weighted by molar-refractivity contribution is 6.05. The molecule has 1 saturated carbocycles. The monoisotopic (exact) mass is 230 g/mol. The van der Waals surface area contributed by atoms with E-state index in [9.17, 15) is 4.79 Å². The van der Waals surface area contributed by atoms with Crippen molar-refractivity contribution in [2.45, 2.75) is 38.0 Å². The fourth-order valence-corrected chi connectivity index (χ4v) is 3.19. The minimum atomic E-state index is 0.0246. The van der Waals surface area contributed by atoms with Crippen molar-refractivity contribution in [1.82, 2.24) is 0 Å². The maximum absolute atomic E-state index is 12.0. The molecule has 1 heterocycles. The average molecular weight is 230 g/mol. The van der Waals surface area contributed by atoms with Gasteiger partial charge < -0.3 is 11.1 Å². The summed E-state index contributed by atoms with van der Waals surface area (Å²) in [6, 6.07) is 5.82. The van der Waals surface area contributed by atoms with E-state index in [1.165, 1.54) is 25.7 Å². The van der Waals surface area contributed by atoms with Gasteiger partial charge in [-0.25, -0.2) is 0 Å². The highest BCUT2D eigenvalue weighted by atomic mass is 16.2. The lowest BCUT2D eigenvalue weighted by molar-refractivity contribution is -0.117. The van der Waals surface area contributed by atoms with Gasteiger partial charge in [-0.15, -0.1) is 0 Å². The van der Waals surface area contributed by atoms with Gasteiger partial charge in [-0.05, 0) is 24.0 Å². The first-order valence-electron chi connectivity index (χ1n) is 6.45. The van der Waals surface area contributed by atoms with E-state index < -0.39 is 0 Å². The molecule has 3 heteroatoms. The number of nitrogens with one attached hydrogen (secondary N) is 1. The maximum Gasteiger partial charge on any atom is 0.232 e. The topological polar surface area (TPSA) is 55.1 Å². The van der Waals surface area contributed by atoms with Crippen molar-refractivity contribution in [2.24, 2.45) is 5.92 Å². The highest BCUT2D eigenvalue weighted by Crippen LogP contribution is 2.42. The number of nitrogens with two attached hydrogens (primary N) is 1. The Morgan fingerprint density at radius 2 is 2.06 bits per heavy atom. The average Bonchev–Trinajstić information content (AvgIpc) is 2.91. The van der Waals surface area contributed by atoms with Crippen LogP contribution in [-0.2, 0) is 4.79 Å². The van der Waals surface area contributed by atoms with Crippen LogP contribution in [0.25, 0.3) is 0 Å². The molecule has 0 bridgehead atoms. The third kappa shape index (κ3) is 1.79. The Labute approximate surface area is 101 Å². The number of para-hydroxylation sites is 1. The summed E-state index contributed by atoms with van der Waals surface area (Å²) >= 11 is 0. The van der Waals surface area contributed by atoms with Gasteiger partial charge in [0.15, 0.2) is 0 Å². The van der Waals surface area contributed by atoms with E-state index in [0.717, 1.165) is 23.6 Å². The number of benzene rings is 1. The normalized spacial score (nSPS) is 23.8. The predicted octanol–water partition coefficient (Wildman–Crippen LogP) is 2.88. The molecule has 1 aliphatic heterocycles. The summed E-state index contributed by atoms with van der Waals surface area (Å²) in [7, 11) is 0. The summed E-state index contributed by atoms with van der Waals surface area (Å²) in [5.74, 6) is 0.875. The minimum absolute atomic E-state index is 0.0246. The van der Waals surface area contributed by atoms with Crippen LogP contribution in [-0.4, -0.2) is 5.91 Å². The summed E-state index contributed by atoms with van der Waals surface area (Å²) < 4.78 is 0. The Morgan fingerprint density at radius 1 is 1.29 bits per heavy atom. The van der Waals surface area contributed by atoms with Gasteiger partial charge >= 0.3 is 0 Å². The Bertz CT molecular complexity index is 450. The molecule has 17 heavy (non-hydrogen) atoms. The summed E-state index contributed by atoms with van der Waals surface area (Å²) in [4.78, 5) is 12.0. The molecule has 3 rings (SSSR count). The first kappa shape index (κ1) is 10.6. The van der Waals surface area contributed by atoms with E-state index >= 15 is 0 Å². The minimum Gasteiger partial charge on any atom is -0.397 e. The lowest BCUT2D eigenvalue weighted by Crippen LogP contribution is -2.14. The van der Waals surface area contributed by atoms with Gasteiger partial charge in [-0.2, -0.15) is 0 Å². The van der Waals surface area contributed by atoms with Crippen molar-refractivity contribution in [3.63, 3.8) is 0 Å². The van der Waals surface area contributed by atoms with Crippen molar-refractivity contribution < 1.29 is 4.79 Å². The van der Waals surface area contributed by atoms with Gasteiger partial charge in [-0.3, -0.25) is 4.79 Å². The Kier molecular flexibility index (Phi) is 2.54. The van der Waals surface area contributed by atoms with Crippen molar-refractivity contribution in [3.05, 3.63) is 23.8 Å². The second-order valence-electron chi connectivity index (χ2n) is 5.24. The number of hydrogen-bond donors (Lipinski definition) is 2. The molecule has 1 aromatic rings. The van der Waals surface area contributed by atoms with Crippen molar-refractivity contribution in [2.75, 3.05) is 11.1 Å². The molecular formula is C14H18N2O. The Morgan fingerprint density at radius 3 is 2.82 bits per heavy atom. The zero-order chi connectivity index (χ0) is 11.8. The fourth-order valence-electron chi connectivity index (χ4n) is 3.19. The smallest absolute Gasteiger partial charge is 0.232 e. The SMILES string of the molecule is Nc1cccc2c1NC(=O)C2CC1CCCC1. The standard InChI is InChI=1S/C14H18N2O/c15-12-7-3-6-10-11(14(17)16-13(10)12)8-9-4-1-2-5-9/h3,6-7,9,11H,1-2,4-5,8,15H2,(H,16,17). The number of rotatable bonds is 2. The summed E-state index contributed by atoms with van der Waals surface area (Å²) in [5, 5.41) is 2.93. The number of hydrogen-bond acceptors (Lipinski definition) is 2. The summed E-state index contributed by atoms with van der Waals surface area (Å²) in [6.07, 6.45) is 6.19. The maximum atomic E-state index is 12.0. The lowest BCUT2D eigenvalue weighted by atomic mass is 9.89. The molecule has 3 N–H and O–H groups in total. The van der Waals surface area contributed by atoms with Crippen LogP contribution < -0.4 is 11.1 Å². The molecule has 0 radical (unpaired) electrons. The molecule has 1 atom stereocenters. The van der Waals surface area contributed by atoms with E-state index in [1.807, 2.05) is 18.2 Å². The van der Waals surface area contributed by atoms with Crippen molar-refractivity contribution in [3.8, 4) is 0 Å². The van der Waals surface area contributed by atoms with Crippen LogP contribution in [0.1, 0.15) is 43.6 Å². The number of fused-ring (bicyclic) bond motifs is 1. The molecule has 1 unspecified atom stereocenters. The molecule has 0 aromatic heterocycles. The van der Waals surface area contributed by atoms with Gasteiger partial charge in [0.05, 0.1) is 17.3 Å². The molecular weight excluding hydrogens is 212 g/mol.